The highest BCUT2D eigenvalue weighted by Crippen LogP contribution is 2.44. The number of methoxy groups -OCH3 is 2. The van der Waals surface area contributed by atoms with Gasteiger partial charge in [0.1, 0.15) is 18.2 Å². The smallest absolute Gasteiger partial charge is 0.408 e. The van der Waals surface area contributed by atoms with Crippen LogP contribution in [0, 0.1) is 29.6 Å². The number of carbonyl (C=O) groups excluding carboxylic acids is 2. The molecule has 0 aromatic carbocycles. The van der Waals surface area contributed by atoms with Gasteiger partial charge < -0.3 is 43.6 Å². The molecule has 0 spiro atoms. The van der Waals surface area contributed by atoms with Crippen LogP contribution >= 0.6 is 11.6 Å². The van der Waals surface area contributed by atoms with Gasteiger partial charge in [0.15, 0.2) is 17.7 Å². The molecule has 0 aromatic rings. The molecular weight excluding hydrogens is 630 g/mol. The predicted octanol–water partition coefficient (Wildman–Crippen LogP) is 4.16. The minimum atomic E-state index is -1.90. The Labute approximate surface area is 282 Å². The van der Waals surface area contributed by atoms with E-state index in [1.54, 1.807) is 38.3 Å². The molecule has 5 aliphatic rings. The van der Waals surface area contributed by atoms with E-state index in [0.29, 0.717) is 6.42 Å². The Morgan fingerprint density at radius 3 is 2.57 bits per heavy atom. The average molecular weight is 678 g/mol. The first kappa shape index (κ1) is 35.9. The van der Waals surface area contributed by atoms with E-state index in [1.807, 2.05) is 33.8 Å². The summed E-state index contributed by atoms with van der Waals surface area (Å²) in [5.74, 6) is 3.34. The van der Waals surface area contributed by atoms with E-state index in [0.717, 1.165) is 12.0 Å². The van der Waals surface area contributed by atoms with Gasteiger partial charge in [0, 0.05) is 50.2 Å². The summed E-state index contributed by atoms with van der Waals surface area (Å²) in [6.45, 7) is 9.57. The number of carbonyl (C=O) groups is 2. The Hall–Kier alpha value is -2.43. The Balaban J connectivity index is 1.37. The van der Waals surface area contributed by atoms with Crippen LogP contribution in [0.5, 0.6) is 0 Å². The second kappa shape index (κ2) is 14.6. The highest BCUT2D eigenvalue weighted by Gasteiger charge is 2.61. The third kappa shape index (κ3) is 8.07. The third-order valence-electron chi connectivity index (χ3n) is 9.96. The molecule has 3 saturated heterocycles. The van der Waals surface area contributed by atoms with Gasteiger partial charge in [-0.05, 0) is 39.3 Å². The number of ether oxygens (including phenoxy) is 7. The van der Waals surface area contributed by atoms with Gasteiger partial charge in [-0.25, -0.2) is 4.79 Å². The van der Waals surface area contributed by atoms with Crippen molar-refractivity contribution < 1.29 is 47.9 Å². The van der Waals surface area contributed by atoms with Gasteiger partial charge in [-0.15, -0.1) is 11.6 Å². The number of aliphatic hydroxyl groups is 1. The molecular formula is C35H48ClNO10. The maximum absolute atomic E-state index is 13.4. The fraction of sp³-hybridized carbons (Fsp3) is 0.714. The Morgan fingerprint density at radius 1 is 1.15 bits per heavy atom. The standard InChI is InChI=1S/C35H48ClNO10/c1-19-14-24(13-11-9-8-10-12-23-16-25(23)36)44-28(38)18-35(40)17-27(21(3)29(46-35)20(2)26(15-19)41-6)45-32-31(42-7)34(5)30(22(4)43-32)37-33(39)47-34/h8-9,11,13,15,20-27,29-32,40H,14,16-18H2,1-7H3,(H,37,39)/b9-8+,13-11+,19-15+/t20-,21+,22+,23-,24+,25-,26-,27+,29+,30-,31+,32+,34-,35+/m1/s1. The van der Waals surface area contributed by atoms with E-state index in [1.165, 1.54) is 7.11 Å². The molecule has 0 unspecified atom stereocenters. The van der Waals surface area contributed by atoms with Gasteiger partial charge >= 0.3 is 12.1 Å². The Kier molecular flexibility index (Phi) is 11.1. The van der Waals surface area contributed by atoms with Crippen LogP contribution in [-0.4, -0.2) is 97.1 Å². The van der Waals surface area contributed by atoms with Gasteiger partial charge in [0.05, 0.1) is 30.8 Å². The summed E-state index contributed by atoms with van der Waals surface area (Å²) >= 11 is 6.01. The van der Waals surface area contributed by atoms with E-state index in [4.69, 9.17) is 44.8 Å². The molecule has 4 fully saturated rings. The monoisotopic (exact) mass is 677 g/mol. The van der Waals surface area contributed by atoms with Gasteiger partial charge in [0.2, 0.25) is 0 Å². The number of alkyl halides is 1. The lowest BCUT2D eigenvalue weighted by atomic mass is 9.79. The van der Waals surface area contributed by atoms with Crippen molar-refractivity contribution in [3.8, 4) is 11.8 Å². The largest absolute Gasteiger partial charge is 0.458 e. The zero-order chi connectivity index (χ0) is 34.1. The lowest BCUT2D eigenvalue weighted by molar-refractivity contribution is -0.348. The van der Waals surface area contributed by atoms with Gasteiger partial charge in [-0.2, -0.15) is 0 Å². The van der Waals surface area contributed by atoms with Gasteiger partial charge in [-0.1, -0.05) is 49.5 Å². The van der Waals surface area contributed by atoms with E-state index in [2.05, 4.69) is 17.2 Å². The minimum Gasteiger partial charge on any atom is -0.458 e. The van der Waals surface area contributed by atoms with Crippen LogP contribution in [0.4, 0.5) is 4.79 Å². The van der Waals surface area contributed by atoms with Crippen molar-refractivity contribution in [3.63, 3.8) is 0 Å². The van der Waals surface area contributed by atoms with Crippen LogP contribution < -0.4 is 5.32 Å². The Morgan fingerprint density at radius 2 is 1.89 bits per heavy atom. The highest BCUT2D eigenvalue weighted by molar-refractivity contribution is 6.22. The summed E-state index contributed by atoms with van der Waals surface area (Å²) in [7, 11) is 3.14. The molecule has 4 heterocycles. The number of rotatable bonds is 6. The molecule has 1 aliphatic carbocycles. The molecule has 2 N–H and O–H groups in total. The van der Waals surface area contributed by atoms with E-state index < -0.39 is 72.7 Å². The number of nitrogens with one attached hydrogen (secondary N) is 1. The predicted molar refractivity (Wildman–Crippen MR) is 172 cm³/mol. The first-order valence-electron chi connectivity index (χ1n) is 16.4. The molecule has 1 amide bonds. The van der Waals surface area contributed by atoms with Crippen molar-refractivity contribution in [2.24, 2.45) is 17.8 Å². The highest BCUT2D eigenvalue weighted by atomic mass is 35.5. The summed E-state index contributed by atoms with van der Waals surface area (Å²) < 4.78 is 42.5. The van der Waals surface area contributed by atoms with Crippen LogP contribution in [0.2, 0.25) is 0 Å². The first-order valence-corrected chi connectivity index (χ1v) is 16.8. The van der Waals surface area contributed by atoms with Crippen LogP contribution in [-0.2, 0) is 38.0 Å². The topological polar surface area (TPSA) is 131 Å². The third-order valence-corrected chi connectivity index (χ3v) is 10.4. The Bertz CT molecular complexity index is 1320. The fourth-order valence-corrected chi connectivity index (χ4v) is 7.51. The zero-order valence-electron chi connectivity index (χ0n) is 28.1. The van der Waals surface area contributed by atoms with Crippen LogP contribution in [0.25, 0.3) is 0 Å². The van der Waals surface area contributed by atoms with Crippen LogP contribution in [0.3, 0.4) is 0 Å². The van der Waals surface area contributed by atoms with Crippen molar-refractivity contribution >= 4 is 23.7 Å². The molecule has 4 aliphatic heterocycles. The second-order valence-electron chi connectivity index (χ2n) is 13.7. The molecule has 1 saturated carbocycles. The maximum atomic E-state index is 13.4. The molecule has 11 nitrogen and oxygen atoms in total. The number of allylic oxidation sites excluding steroid dienone is 3. The van der Waals surface area contributed by atoms with Gasteiger partial charge in [-0.3, -0.25) is 4.79 Å². The lowest BCUT2D eigenvalue weighted by Crippen LogP contribution is -2.67. The zero-order valence-corrected chi connectivity index (χ0v) is 28.9. The molecule has 5 rings (SSSR count). The number of fused-ring (bicyclic) bond motifs is 3. The van der Waals surface area contributed by atoms with Crippen molar-refractivity contribution in [1.82, 2.24) is 5.32 Å². The number of amides is 1. The molecule has 12 heteroatoms. The fourth-order valence-electron chi connectivity index (χ4n) is 7.26. The van der Waals surface area contributed by atoms with Crippen LogP contribution in [0.15, 0.2) is 36.0 Å². The summed E-state index contributed by atoms with van der Waals surface area (Å²) in [5, 5.41) is 14.8. The van der Waals surface area contributed by atoms with E-state index >= 15 is 0 Å². The molecule has 260 valence electrons. The van der Waals surface area contributed by atoms with Crippen molar-refractivity contribution in [2.75, 3.05) is 14.2 Å². The van der Waals surface area contributed by atoms with Gasteiger partial charge in [0.25, 0.3) is 0 Å². The first-order chi connectivity index (χ1) is 22.3. The second-order valence-corrected chi connectivity index (χ2v) is 14.3. The van der Waals surface area contributed by atoms with Crippen LogP contribution in [0.1, 0.15) is 60.3 Å². The number of alkyl carbamates (subject to hydrolysis) is 1. The minimum absolute atomic E-state index is 0.0338. The summed E-state index contributed by atoms with van der Waals surface area (Å²) in [6.07, 6.45) is 5.17. The SMILES string of the molecule is CO[C@@H]1/C=C(\C)C[C@H](/C=C/C=C/C#C[C@@H]2C[C@H]2Cl)OC(=O)C[C@]2(O)C[C@H](O[C@@H]3O[C@@H](C)[C@H]4NC(=O)O[C@@]4(C)[C@H]3OC)[C@H](C)[C@@H](O2)[C@@H]1C. The van der Waals surface area contributed by atoms with Crippen molar-refractivity contribution in [2.45, 2.75) is 126 Å². The molecule has 0 radical (unpaired) electrons. The molecule has 0 aromatic heterocycles. The normalized spacial score (nSPS) is 46.5. The quantitative estimate of drug-likeness (QED) is 0.139. The van der Waals surface area contributed by atoms with Crippen molar-refractivity contribution in [3.05, 3.63) is 36.0 Å². The number of halogens is 1. The van der Waals surface area contributed by atoms with Crippen molar-refractivity contribution in [1.29, 1.82) is 0 Å². The number of esters is 1. The van der Waals surface area contributed by atoms with E-state index in [-0.39, 0.29) is 35.7 Å². The molecule has 2 bridgehead atoms. The lowest BCUT2D eigenvalue weighted by Gasteiger charge is -2.51. The number of hydrogen-bond donors (Lipinski definition) is 2. The average Bonchev–Trinajstić information content (AvgIpc) is 3.60. The number of hydrogen-bond acceptors (Lipinski definition) is 10. The summed E-state index contributed by atoms with van der Waals surface area (Å²) in [6, 6.07) is -0.443. The summed E-state index contributed by atoms with van der Waals surface area (Å²) in [5.41, 5.74) is -0.0797. The van der Waals surface area contributed by atoms with E-state index in [9.17, 15) is 14.7 Å². The maximum Gasteiger partial charge on any atom is 0.408 e. The summed E-state index contributed by atoms with van der Waals surface area (Å²) in [4.78, 5) is 25.6. The molecule has 14 atom stereocenters. The number of cyclic esters (lactones) is 1. The molecule has 47 heavy (non-hydrogen) atoms.